The van der Waals surface area contributed by atoms with Crippen LogP contribution in [0.5, 0.6) is 0 Å². The van der Waals surface area contributed by atoms with Crippen LogP contribution in [0.1, 0.15) is 67.7 Å². The Morgan fingerprint density at radius 2 is 2.00 bits per heavy atom. The average molecular weight is 368 g/mol. The van der Waals surface area contributed by atoms with Crippen molar-refractivity contribution in [2.24, 2.45) is 10.8 Å². The molecule has 2 fully saturated rings. The van der Waals surface area contributed by atoms with Crippen LogP contribution in [0.3, 0.4) is 0 Å². The first kappa shape index (κ1) is 18.1. The fraction of sp³-hybridized carbons (Fsp3) is 0.545. The molecule has 2 unspecified atom stereocenters. The third-order valence-electron chi connectivity index (χ3n) is 6.11. The van der Waals surface area contributed by atoms with Crippen molar-refractivity contribution >= 4 is 22.8 Å². The van der Waals surface area contributed by atoms with Crippen LogP contribution in [0.2, 0.25) is 0 Å². The normalized spacial score (nSPS) is 26.4. The number of hydrogen-bond donors (Lipinski definition) is 1. The minimum Gasteiger partial charge on any atom is -0.462 e. The summed E-state index contributed by atoms with van der Waals surface area (Å²) in [5.41, 5.74) is 2.24. The molecule has 0 radical (unpaired) electrons. The summed E-state index contributed by atoms with van der Waals surface area (Å²) in [7, 11) is 0. The van der Waals surface area contributed by atoms with E-state index in [1.165, 1.54) is 0 Å². The molecule has 2 atom stereocenters. The molecule has 144 valence electrons. The first-order valence-corrected chi connectivity index (χ1v) is 9.81. The summed E-state index contributed by atoms with van der Waals surface area (Å²) in [4.78, 5) is 31.1. The molecule has 1 saturated carbocycles. The molecule has 1 aliphatic heterocycles. The third kappa shape index (κ3) is 3.03. The summed E-state index contributed by atoms with van der Waals surface area (Å²) in [5, 5.41) is 0.673. The van der Waals surface area contributed by atoms with Gasteiger partial charge in [-0.05, 0) is 49.1 Å². The molecule has 5 heteroatoms. The Bertz CT molecular complexity index is 913. The Morgan fingerprint density at radius 1 is 1.22 bits per heavy atom. The van der Waals surface area contributed by atoms with Gasteiger partial charge in [-0.1, -0.05) is 26.8 Å². The minimum absolute atomic E-state index is 0.0252. The lowest BCUT2D eigenvalue weighted by molar-refractivity contribution is 0.0528. The van der Waals surface area contributed by atoms with Crippen LogP contribution in [-0.2, 0) is 4.74 Å². The number of rotatable bonds is 3. The van der Waals surface area contributed by atoms with E-state index in [4.69, 9.17) is 4.74 Å². The molecule has 2 heterocycles. The summed E-state index contributed by atoms with van der Waals surface area (Å²) in [6.45, 7) is 9.79. The summed E-state index contributed by atoms with van der Waals surface area (Å²) >= 11 is 0. The van der Waals surface area contributed by atoms with E-state index in [9.17, 15) is 9.59 Å². The molecule has 2 bridgehead atoms. The SMILES string of the molecule is CCOC(=O)c1c[nH]c2cccc(C(=O)N3CC4(C)CC3CC(C)(C)C4)c12. The highest BCUT2D eigenvalue weighted by Gasteiger charge is 2.51. The van der Waals surface area contributed by atoms with Gasteiger partial charge in [-0.25, -0.2) is 4.79 Å². The highest BCUT2D eigenvalue weighted by molar-refractivity contribution is 6.14. The predicted molar refractivity (Wildman–Crippen MR) is 105 cm³/mol. The van der Waals surface area contributed by atoms with Crippen molar-refractivity contribution in [3.63, 3.8) is 0 Å². The molecule has 1 amide bonds. The Balaban J connectivity index is 1.74. The standard InChI is InChI=1S/C22H28N2O3/c1-5-27-20(26)16-11-23-17-8-6-7-15(18(16)17)19(25)24-13-22(4)10-14(24)9-21(2,3)12-22/h6-8,11,14,23H,5,9-10,12-13H2,1-4H3. The van der Waals surface area contributed by atoms with Gasteiger partial charge in [0.05, 0.1) is 12.2 Å². The lowest BCUT2D eigenvalue weighted by Gasteiger charge is -2.39. The second kappa shape index (κ2) is 6.11. The van der Waals surface area contributed by atoms with Gasteiger partial charge in [0.15, 0.2) is 0 Å². The highest BCUT2D eigenvalue weighted by Crippen LogP contribution is 2.52. The zero-order valence-electron chi connectivity index (χ0n) is 16.6. The van der Waals surface area contributed by atoms with E-state index in [1.54, 1.807) is 13.1 Å². The predicted octanol–water partition coefficient (Wildman–Crippen LogP) is 4.39. The molecule has 1 N–H and O–H groups in total. The van der Waals surface area contributed by atoms with Gasteiger partial charge in [0, 0.05) is 35.2 Å². The Labute approximate surface area is 160 Å². The lowest BCUT2D eigenvalue weighted by atomic mass is 9.65. The molecule has 2 aromatic rings. The van der Waals surface area contributed by atoms with Crippen LogP contribution in [0.4, 0.5) is 0 Å². The maximum Gasteiger partial charge on any atom is 0.340 e. The average Bonchev–Trinajstić information content (AvgIpc) is 3.11. The number of amides is 1. The third-order valence-corrected chi connectivity index (χ3v) is 6.11. The first-order chi connectivity index (χ1) is 12.7. The molecule has 0 spiro atoms. The van der Waals surface area contributed by atoms with Gasteiger partial charge in [-0.3, -0.25) is 4.79 Å². The summed E-state index contributed by atoms with van der Waals surface area (Å²) < 4.78 is 5.18. The number of hydrogen-bond acceptors (Lipinski definition) is 3. The van der Waals surface area contributed by atoms with E-state index in [2.05, 4.69) is 25.8 Å². The fourth-order valence-electron chi connectivity index (χ4n) is 5.58. The number of likely N-dealkylation sites (tertiary alicyclic amines) is 1. The molecule has 27 heavy (non-hydrogen) atoms. The van der Waals surface area contributed by atoms with Crippen molar-refractivity contribution in [1.29, 1.82) is 0 Å². The van der Waals surface area contributed by atoms with Crippen LogP contribution in [0, 0.1) is 10.8 Å². The summed E-state index contributed by atoms with van der Waals surface area (Å²) in [6.07, 6.45) is 4.88. The maximum absolute atomic E-state index is 13.5. The van der Waals surface area contributed by atoms with E-state index in [-0.39, 0.29) is 22.8 Å². The molecule has 1 aromatic carbocycles. The number of esters is 1. The largest absolute Gasteiger partial charge is 0.462 e. The van der Waals surface area contributed by atoms with Gasteiger partial charge in [-0.15, -0.1) is 0 Å². The Morgan fingerprint density at radius 3 is 2.74 bits per heavy atom. The monoisotopic (exact) mass is 368 g/mol. The highest BCUT2D eigenvalue weighted by atomic mass is 16.5. The number of nitrogens with one attached hydrogen (secondary N) is 1. The van der Waals surface area contributed by atoms with Crippen molar-refractivity contribution in [3.8, 4) is 0 Å². The van der Waals surface area contributed by atoms with Gasteiger partial charge in [0.25, 0.3) is 5.91 Å². The smallest absolute Gasteiger partial charge is 0.340 e. The van der Waals surface area contributed by atoms with E-state index < -0.39 is 5.97 Å². The van der Waals surface area contributed by atoms with Crippen LogP contribution < -0.4 is 0 Å². The topological polar surface area (TPSA) is 62.4 Å². The van der Waals surface area contributed by atoms with E-state index in [1.807, 2.05) is 23.1 Å². The van der Waals surface area contributed by atoms with Crippen molar-refractivity contribution in [3.05, 3.63) is 35.5 Å². The van der Waals surface area contributed by atoms with E-state index in [0.717, 1.165) is 31.3 Å². The maximum atomic E-state index is 13.5. The molecule has 4 rings (SSSR count). The van der Waals surface area contributed by atoms with Crippen molar-refractivity contribution < 1.29 is 14.3 Å². The van der Waals surface area contributed by atoms with Gasteiger partial charge >= 0.3 is 5.97 Å². The summed E-state index contributed by atoms with van der Waals surface area (Å²) in [6, 6.07) is 5.86. The molecular weight excluding hydrogens is 340 g/mol. The lowest BCUT2D eigenvalue weighted by Crippen LogP contribution is -2.37. The van der Waals surface area contributed by atoms with Crippen molar-refractivity contribution in [2.75, 3.05) is 13.2 Å². The number of aromatic nitrogens is 1. The number of fused-ring (bicyclic) bond motifs is 3. The van der Waals surface area contributed by atoms with Crippen LogP contribution in [0.25, 0.3) is 10.9 Å². The minimum atomic E-state index is -0.391. The molecule has 1 saturated heterocycles. The number of carbonyl (C=O) groups excluding carboxylic acids is 2. The second-order valence-corrected chi connectivity index (χ2v) is 9.30. The number of benzene rings is 1. The van der Waals surface area contributed by atoms with Gasteiger partial charge in [0.2, 0.25) is 0 Å². The van der Waals surface area contributed by atoms with Crippen molar-refractivity contribution in [1.82, 2.24) is 9.88 Å². The zero-order valence-corrected chi connectivity index (χ0v) is 16.6. The molecule has 2 aliphatic rings. The molecular formula is C22H28N2O3. The Kier molecular flexibility index (Phi) is 4.09. The van der Waals surface area contributed by atoms with Crippen LogP contribution >= 0.6 is 0 Å². The van der Waals surface area contributed by atoms with E-state index in [0.29, 0.717) is 23.1 Å². The molecule has 1 aromatic heterocycles. The van der Waals surface area contributed by atoms with Crippen molar-refractivity contribution in [2.45, 2.75) is 53.0 Å². The van der Waals surface area contributed by atoms with E-state index >= 15 is 0 Å². The zero-order chi connectivity index (χ0) is 19.4. The second-order valence-electron chi connectivity index (χ2n) is 9.30. The quantitative estimate of drug-likeness (QED) is 0.818. The number of aromatic amines is 1. The van der Waals surface area contributed by atoms with Gasteiger partial charge in [0.1, 0.15) is 0 Å². The van der Waals surface area contributed by atoms with Gasteiger partial charge in [-0.2, -0.15) is 0 Å². The fourth-order valence-corrected chi connectivity index (χ4v) is 5.58. The number of ether oxygens (including phenoxy) is 1. The van der Waals surface area contributed by atoms with Crippen LogP contribution in [0.15, 0.2) is 24.4 Å². The number of nitrogens with zero attached hydrogens (tertiary/aromatic N) is 1. The van der Waals surface area contributed by atoms with Gasteiger partial charge < -0.3 is 14.6 Å². The van der Waals surface area contributed by atoms with Crippen LogP contribution in [-0.4, -0.2) is 41.0 Å². The summed E-state index contributed by atoms with van der Waals surface area (Å²) in [5.74, 6) is -0.366. The number of carbonyl (C=O) groups is 2. The Hall–Kier alpha value is -2.30. The molecule has 1 aliphatic carbocycles. The molecule has 5 nitrogen and oxygen atoms in total. The number of H-pyrrole nitrogens is 1. The first-order valence-electron chi connectivity index (χ1n) is 9.81.